The zero-order valence-electron chi connectivity index (χ0n) is 18.9. The molecule has 1 amide bonds. The van der Waals surface area contributed by atoms with Crippen LogP contribution >= 0.6 is 11.6 Å². The molecule has 0 aliphatic carbocycles. The van der Waals surface area contributed by atoms with Gasteiger partial charge in [-0.15, -0.1) is 0 Å². The Morgan fingerprint density at radius 3 is 2.16 bits per heavy atom. The summed E-state index contributed by atoms with van der Waals surface area (Å²) in [5.74, 6) is -3.69. The summed E-state index contributed by atoms with van der Waals surface area (Å²) in [5, 5.41) is 0.546. The van der Waals surface area contributed by atoms with Gasteiger partial charge >= 0.3 is 18.0 Å². The third kappa shape index (κ3) is 4.81. The Bertz CT molecular complexity index is 876. The maximum Gasteiger partial charge on any atom is 0.410 e. The summed E-state index contributed by atoms with van der Waals surface area (Å²) in [6.45, 7) is 11.0. The Morgan fingerprint density at radius 1 is 1.13 bits per heavy atom. The predicted molar refractivity (Wildman–Crippen MR) is 115 cm³/mol. The number of hydrogen-bond donors (Lipinski definition) is 0. The van der Waals surface area contributed by atoms with Gasteiger partial charge in [-0.1, -0.05) is 23.7 Å². The van der Waals surface area contributed by atoms with Gasteiger partial charge in [0.25, 0.3) is 5.79 Å². The lowest BCUT2D eigenvalue weighted by molar-refractivity contribution is -0.244. The number of aryl methyl sites for hydroxylation is 1. The van der Waals surface area contributed by atoms with Crippen molar-refractivity contribution in [1.29, 1.82) is 0 Å². The van der Waals surface area contributed by atoms with Gasteiger partial charge in [0.2, 0.25) is 0 Å². The molecular weight excluding hydrogens is 422 g/mol. The lowest BCUT2D eigenvalue weighted by atomic mass is 9.64. The van der Waals surface area contributed by atoms with E-state index in [1.807, 2.05) is 39.8 Å². The van der Waals surface area contributed by atoms with Crippen molar-refractivity contribution in [3.63, 3.8) is 0 Å². The highest BCUT2D eigenvalue weighted by atomic mass is 35.5. The molecule has 2 saturated heterocycles. The van der Waals surface area contributed by atoms with E-state index < -0.39 is 40.8 Å². The summed E-state index contributed by atoms with van der Waals surface area (Å²) in [4.78, 5) is 40.1. The molecule has 7 nitrogen and oxygen atoms in total. The summed E-state index contributed by atoms with van der Waals surface area (Å²) < 4.78 is 16.3. The molecule has 0 atom stereocenters. The van der Waals surface area contributed by atoms with Crippen molar-refractivity contribution in [2.24, 2.45) is 5.92 Å². The quantitative estimate of drug-likeness (QED) is 0.490. The average Bonchev–Trinajstić information content (AvgIpc) is 2.61. The van der Waals surface area contributed by atoms with E-state index in [-0.39, 0.29) is 0 Å². The minimum Gasteiger partial charge on any atom is -0.444 e. The molecule has 1 aromatic rings. The maximum absolute atomic E-state index is 13.0. The number of amides is 1. The van der Waals surface area contributed by atoms with Crippen LogP contribution in [0.2, 0.25) is 5.02 Å². The number of hydrogen-bond acceptors (Lipinski definition) is 6. The molecule has 0 saturated carbocycles. The fourth-order valence-corrected chi connectivity index (χ4v) is 4.41. The summed E-state index contributed by atoms with van der Waals surface area (Å²) in [6.07, 6.45) is 0.306. The Morgan fingerprint density at radius 2 is 1.68 bits per heavy atom. The van der Waals surface area contributed by atoms with Crippen molar-refractivity contribution in [1.82, 2.24) is 4.90 Å². The predicted octanol–water partition coefficient (Wildman–Crippen LogP) is 4.37. The van der Waals surface area contributed by atoms with Crippen LogP contribution in [0.1, 0.15) is 58.6 Å². The smallest absolute Gasteiger partial charge is 0.410 e. The molecule has 170 valence electrons. The highest BCUT2D eigenvalue weighted by molar-refractivity contribution is 6.31. The van der Waals surface area contributed by atoms with Gasteiger partial charge in [-0.3, -0.25) is 9.59 Å². The fourth-order valence-electron chi connectivity index (χ4n) is 4.23. The lowest BCUT2D eigenvalue weighted by Gasteiger charge is -2.47. The number of piperidine rings is 1. The first-order valence-electron chi connectivity index (χ1n) is 10.4. The number of cyclic esters (lactones) is 2. The third-order valence-electron chi connectivity index (χ3n) is 5.77. The van der Waals surface area contributed by atoms with Crippen LogP contribution in [0.4, 0.5) is 4.79 Å². The van der Waals surface area contributed by atoms with E-state index in [1.54, 1.807) is 11.0 Å². The van der Waals surface area contributed by atoms with Gasteiger partial charge in [0.05, 0.1) is 0 Å². The monoisotopic (exact) mass is 451 g/mol. The molecule has 2 aliphatic heterocycles. The molecule has 0 bridgehead atoms. The number of likely N-dealkylation sites (tertiary alicyclic amines) is 1. The van der Waals surface area contributed by atoms with Gasteiger partial charge < -0.3 is 19.1 Å². The highest BCUT2D eigenvalue weighted by Crippen LogP contribution is 2.46. The first-order valence-corrected chi connectivity index (χ1v) is 10.8. The molecule has 0 spiro atoms. The SMILES string of the molecule is Cc1ccc(C2(C3C(=O)OC(C)(C)OC3=O)CCN(C(=O)OC(C)(C)C)CC2)cc1Cl. The van der Waals surface area contributed by atoms with Crippen LogP contribution in [-0.4, -0.2) is 47.4 Å². The normalized spacial score (nSPS) is 21.3. The molecule has 2 aliphatic rings. The number of rotatable bonds is 2. The number of nitrogens with zero attached hydrogens (tertiary/aromatic N) is 1. The fraction of sp³-hybridized carbons (Fsp3) is 0.609. The van der Waals surface area contributed by atoms with E-state index in [1.165, 1.54) is 13.8 Å². The third-order valence-corrected chi connectivity index (χ3v) is 6.18. The number of ether oxygens (including phenoxy) is 3. The molecule has 0 radical (unpaired) electrons. The number of carbonyl (C=O) groups is 3. The largest absolute Gasteiger partial charge is 0.444 e. The molecule has 3 rings (SSSR count). The molecule has 31 heavy (non-hydrogen) atoms. The Balaban J connectivity index is 1.96. The van der Waals surface area contributed by atoms with Crippen molar-refractivity contribution in [3.8, 4) is 0 Å². The standard InChI is InChI=1S/C23H30ClNO6/c1-14-7-8-15(13-16(14)24)23(17-18(26)29-22(5,6)30-19(17)27)9-11-25(12-10-23)20(28)31-21(2,3)4/h7-8,13,17H,9-12H2,1-6H3. The summed E-state index contributed by atoms with van der Waals surface area (Å²) in [6, 6.07) is 5.54. The van der Waals surface area contributed by atoms with Crippen molar-refractivity contribution in [2.45, 2.75) is 71.2 Å². The second kappa shape index (κ2) is 8.01. The maximum atomic E-state index is 13.0. The minimum atomic E-state index is -1.31. The van der Waals surface area contributed by atoms with Crippen molar-refractivity contribution in [3.05, 3.63) is 34.3 Å². The molecule has 0 N–H and O–H groups in total. The van der Waals surface area contributed by atoms with Gasteiger partial charge in [-0.25, -0.2) is 4.79 Å². The van der Waals surface area contributed by atoms with Gasteiger partial charge in [0, 0.05) is 37.4 Å². The van der Waals surface area contributed by atoms with Gasteiger partial charge in [0.1, 0.15) is 5.60 Å². The number of esters is 2. The second-order valence-corrected chi connectivity index (χ2v) is 10.2. The average molecular weight is 452 g/mol. The van der Waals surface area contributed by atoms with Crippen LogP contribution in [0.25, 0.3) is 0 Å². The van der Waals surface area contributed by atoms with Crippen LogP contribution in [0, 0.1) is 12.8 Å². The molecule has 2 heterocycles. The summed E-state index contributed by atoms with van der Waals surface area (Å²) >= 11 is 6.39. The van der Waals surface area contributed by atoms with Gasteiger partial charge in [-0.05, 0) is 57.7 Å². The van der Waals surface area contributed by atoms with E-state index in [0.29, 0.717) is 31.0 Å². The van der Waals surface area contributed by atoms with E-state index >= 15 is 0 Å². The Hall–Kier alpha value is -2.28. The lowest BCUT2D eigenvalue weighted by Crippen LogP contribution is -2.58. The molecule has 0 unspecified atom stereocenters. The minimum absolute atomic E-state index is 0.320. The molecular formula is C23H30ClNO6. The zero-order valence-corrected chi connectivity index (χ0v) is 19.7. The summed E-state index contributed by atoms with van der Waals surface area (Å²) in [7, 11) is 0. The van der Waals surface area contributed by atoms with Crippen LogP contribution in [-0.2, 0) is 29.2 Å². The number of benzene rings is 1. The molecule has 1 aromatic carbocycles. The van der Waals surface area contributed by atoms with Crippen molar-refractivity contribution in [2.75, 3.05) is 13.1 Å². The van der Waals surface area contributed by atoms with E-state index in [4.69, 9.17) is 25.8 Å². The first kappa shape index (κ1) is 23.4. The van der Waals surface area contributed by atoms with Crippen LogP contribution in [0.3, 0.4) is 0 Å². The molecule has 0 aromatic heterocycles. The number of carbonyl (C=O) groups excluding carboxylic acids is 3. The summed E-state index contributed by atoms with van der Waals surface area (Å²) in [5.41, 5.74) is 0.131. The Labute approximate surface area is 188 Å². The molecule has 2 fully saturated rings. The van der Waals surface area contributed by atoms with E-state index in [0.717, 1.165) is 11.1 Å². The van der Waals surface area contributed by atoms with Gasteiger partial charge in [-0.2, -0.15) is 0 Å². The van der Waals surface area contributed by atoms with E-state index in [2.05, 4.69) is 0 Å². The van der Waals surface area contributed by atoms with Crippen LogP contribution in [0.15, 0.2) is 18.2 Å². The van der Waals surface area contributed by atoms with Crippen LogP contribution in [0.5, 0.6) is 0 Å². The van der Waals surface area contributed by atoms with Crippen LogP contribution < -0.4 is 0 Å². The zero-order chi connectivity index (χ0) is 23.2. The number of halogens is 1. The van der Waals surface area contributed by atoms with Gasteiger partial charge in [0.15, 0.2) is 5.92 Å². The first-order chi connectivity index (χ1) is 14.2. The molecule has 8 heteroatoms. The van der Waals surface area contributed by atoms with E-state index in [9.17, 15) is 14.4 Å². The Kier molecular flexibility index (Phi) is 6.04. The van der Waals surface area contributed by atoms with Crippen molar-refractivity contribution >= 4 is 29.6 Å². The van der Waals surface area contributed by atoms with Crippen molar-refractivity contribution < 1.29 is 28.6 Å². The highest BCUT2D eigenvalue weighted by Gasteiger charge is 2.56. The topological polar surface area (TPSA) is 82.1 Å². The second-order valence-electron chi connectivity index (χ2n) is 9.76.